The Morgan fingerprint density at radius 2 is 2.24 bits per heavy atom. The largest absolute Gasteiger partial charge is 0.490 e. The van der Waals surface area contributed by atoms with Gasteiger partial charge < -0.3 is 10.1 Å². The van der Waals surface area contributed by atoms with Crippen LogP contribution in [0.15, 0.2) is 18.2 Å². The van der Waals surface area contributed by atoms with Crippen molar-refractivity contribution < 1.29 is 14.5 Å². The van der Waals surface area contributed by atoms with E-state index in [0.717, 1.165) is 18.2 Å². The Bertz CT molecular complexity index is 508. The Hall–Kier alpha value is -1.63. The molecular weight excluding hydrogens is 340 g/mol. The van der Waals surface area contributed by atoms with E-state index in [4.69, 9.17) is 4.74 Å². The van der Waals surface area contributed by atoms with Crippen molar-refractivity contribution in [1.29, 1.82) is 0 Å². The fourth-order valence-electron chi connectivity index (χ4n) is 1.81. The van der Waals surface area contributed by atoms with E-state index < -0.39 is 4.92 Å². The van der Waals surface area contributed by atoms with Crippen LogP contribution < -0.4 is 10.1 Å². The average Bonchev–Trinajstić information content (AvgIpc) is 2.50. The zero-order valence-corrected chi connectivity index (χ0v) is 13.7. The summed E-state index contributed by atoms with van der Waals surface area (Å²) in [5.41, 5.74) is 0.0501. The van der Waals surface area contributed by atoms with Gasteiger partial charge in [0.15, 0.2) is 5.75 Å². The Kier molecular flexibility index (Phi) is 7.14. The van der Waals surface area contributed by atoms with Gasteiger partial charge in [-0.3, -0.25) is 14.9 Å². The molecule has 0 spiro atoms. The van der Waals surface area contributed by atoms with Crippen molar-refractivity contribution in [3.63, 3.8) is 0 Å². The SMILES string of the molecule is COc1ccc(C(=O)NCCCC(C)CBr)cc1[N+](=O)[O-]. The first-order valence-corrected chi connectivity index (χ1v) is 7.78. The van der Waals surface area contributed by atoms with E-state index in [1.165, 1.54) is 25.3 Å². The van der Waals surface area contributed by atoms with E-state index in [0.29, 0.717) is 12.5 Å². The van der Waals surface area contributed by atoms with Crippen LogP contribution in [-0.4, -0.2) is 29.8 Å². The van der Waals surface area contributed by atoms with Crippen LogP contribution >= 0.6 is 15.9 Å². The summed E-state index contributed by atoms with van der Waals surface area (Å²) < 4.78 is 4.90. The lowest BCUT2D eigenvalue weighted by Crippen LogP contribution is -2.24. The van der Waals surface area contributed by atoms with Crippen molar-refractivity contribution in [1.82, 2.24) is 5.32 Å². The number of hydrogen-bond acceptors (Lipinski definition) is 4. The van der Waals surface area contributed by atoms with E-state index in [1.54, 1.807) is 0 Å². The first kappa shape index (κ1) is 17.4. The van der Waals surface area contributed by atoms with Crippen LogP contribution in [0.2, 0.25) is 0 Å². The number of nitro benzene ring substituents is 1. The number of alkyl halides is 1. The Morgan fingerprint density at radius 1 is 1.52 bits per heavy atom. The summed E-state index contributed by atoms with van der Waals surface area (Å²) in [5, 5.41) is 14.6. The van der Waals surface area contributed by atoms with Gasteiger partial charge in [0, 0.05) is 23.5 Å². The summed E-state index contributed by atoms with van der Waals surface area (Å²) in [7, 11) is 1.35. The molecule has 0 aliphatic rings. The highest BCUT2D eigenvalue weighted by Crippen LogP contribution is 2.27. The van der Waals surface area contributed by atoms with Gasteiger partial charge in [-0.1, -0.05) is 22.9 Å². The molecule has 0 saturated carbocycles. The Labute approximate surface area is 132 Å². The van der Waals surface area contributed by atoms with Crippen molar-refractivity contribution in [2.45, 2.75) is 19.8 Å². The second kappa shape index (κ2) is 8.61. The molecule has 0 radical (unpaired) electrons. The smallest absolute Gasteiger partial charge is 0.311 e. The number of methoxy groups -OCH3 is 1. The van der Waals surface area contributed by atoms with Gasteiger partial charge >= 0.3 is 5.69 Å². The van der Waals surface area contributed by atoms with Gasteiger partial charge in [-0.25, -0.2) is 0 Å². The number of carbonyl (C=O) groups excluding carboxylic acids is 1. The molecule has 0 bridgehead atoms. The number of ether oxygens (including phenoxy) is 1. The monoisotopic (exact) mass is 358 g/mol. The van der Waals surface area contributed by atoms with E-state index in [1.807, 2.05) is 0 Å². The number of hydrogen-bond donors (Lipinski definition) is 1. The van der Waals surface area contributed by atoms with E-state index >= 15 is 0 Å². The van der Waals surface area contributed by atoms with E-state index in [9.17, 15) is 14.9 Å². The van der Waals surface area contributed by atoms with Gasteiger partial charge in [-0.2, -0.15) is 0 Å². The molecule has 1 amide bonds. The van der Waals surface area contributed by atoms with Crippen molar-refractivity contribution in [3.05, 3.63) is 33.9 Å². The number of benzene rings is 1. The maximum atomic E-state index is 11.9. The van der Waals surface area contributed by atoms with Crippen LogP contribution in [0.5, 0.6) is 5.75 Å². The normalized spacial score (nSPS) is 11.8. The molecule has 0 heterocycles. The van der Waals surface area contributed by atoms with Gasteiger partial charge in [0.2, 0.25) is 0 Å². The molecule has 21 heavy (non-hydrogen) atoms. The first-order valence-electron chi connectivity index (χ1n) is 6.66. The predicted molar refractivity (Wildman–Crippen MR) is 84.2 cm³/mol. The first-order chi connectivity index (χ1) is 9.99. The van der Waals surface area contributed by atoms with Gasteiger partial charge in [0.25, 0.3) is 5.91 Å². The molecule has 1 atom stereocenters. The van der Waals surface area contributed by atoms with Crippen LogP contribution in [0.3, 0.4) is 0 Å². The molecule has 116 valence electrons. The third kappa shape index (κ3) is 5.34. The van der Waals surface area contributed by atoms with Gasteiger partial charge in [0.05, 0.1) is 12.0 Å². The van der Waals surface area contributed by atoms with Crippen LogP contribution in [0, 0.1) is 16.0 Å². The van der Waals surface area contributed by atoms with Crippen LogP contribution in [0.4, 0.5) is 5.69 Å². The minimum atomic E-state index is -0.562. The molecule has 0 aliphatic heterocycles. The van der Waals surface area contributed by atoms with Crippen molar-refractivity contribution >= 4 is 27.5 Å². The van der Waals surface area contributed by atoms with E-state index in [2.05, 4.69) is 28.2 Å². The Morgan fingerprint density at radius 3 is 2.81 bits per heavy atom. The zero-order chi connectivity index (χ0) is 15.8. The van der Waals surface area contributed by atoms with E-state index in [-0.39, 0.29) is 22.9 Å². The van der Waals surface area contributed by atoms with Crippen molar-refractivity contribution in [3.8, 4) is 5.75 Å². The molecule has 1 unspecified atom stereocenters. The quantitative estimate of drug-likeness (QED) is 0.335. The van der Waals surface area contributed by atoms with Crippen LogP contribution in [0.25, 0.3) is 0 Å². The third-order valence-electron chi connectivity index (χ3n) is 3.06. The molecule has 1 aromatic rings. The molecule has 0 fully saturated rings. The second-order valence-electron chi connectivity index (χ2n) is 4.80. The molecule has 1 aromatic carbocycles. The molecular formula is C14H19BrN2O4. The molecule has 1 N–H and O–H groups in total. The number of nitrogens with one attached hydrogen (secondary N) is 1. The highest BCUT2D eigenvalue weighted by molar-refractivity contribution is 9.09. The molecule has 0 aliphatic carbocycles. The van der Waals surface area contributed by atoms with Crippen molar-refractivity contribution in [2.24, 2.45) is 5.92 Å². The minimum Gasteiger partial charge on any atom is -0.490 e. The molecule has 0 saturated heterocycles. The fraction of sp³-hybridized carbons (Fsp3) is 0.500. The van der Waals surface area contributed by atoms with Crippen LogP contribution in [0.1, 0.15) is 30.1 Å². The topological polar surface area (TPSA) is 81.5 Å². The second-order valence-corrected chi connectivity index (χ2v) is 5.45. The number of rotatable bonds is 8. The predicted octanol–water partition coefficient (Wildman–Crippen LogP) is 3.14. The number of halogens is 1. The highest BCUT2D eigenvalue weighted by Gasteiger charge is 2.17. The summed E-state index contributed by atoms with van der Waals surface area (Å²) in [6.07, 6.45) is 1.88. The maximum Gasteiger partial charge on any atom is 0.311 e. The summed E-state index contributed by atoms with van der Waals surface area (Å²) in [4.78, 5) is 22.3. The summed E-state index contributed by atoms with van der Waals surface area (Å²) >= 11 is 3.40. The highest BCUT2D eigenvalue weighted by atomic mass is 79.9. The molecule has 1 rings (SSSR count). The molecule has 7 heteroatoms. The van der Waals surface area contributed by atoms with Gasteiger partial charge in [-0.15, -0.1) is 0 Å². The fourth-order valence-corrected chi connectivity index (χ4v) is 2.13. The number of amides is 1. The lowest BCUT2D eigenvalue weighted by atomic mass is 10.1. The summed E-state index contributed by atoms with van der Waals surface area (Å²) in [6, 6.07) is 4.18. The number of nitrogens with zero attached hydrogens (tertiary/aromatic N) is 1. The number of carbonyl (C=O) groups is 1. The lowest BCUT2D eigenvalue weighted by Gasteiger charge is -2.09. The van der Waals surface area contributed by atoms with Crippen LogP contribution in [-0.2, 0) is 0 Å². The minimum absolute atomic E-state index is 0.141. The summed E-state index contributed by atoms with van der Waals surface area (Å²) in [5.74, 6) is 0.388. The average molecular weight is 359 g/mol. The standard InChI is InChI=1S/C14H19BrN2O4/c1-10(9-15)4-3-7-16-14(18)11-5-6-13(21-2)12(8-11)17(19)20/h5-6,8,10H,3-4,7,9H2,1-2H3,(H,16,18). The van der Waals surface area contributed by atoms with Gasteiger partial charge in [0.1, 0.15) is 0 Å². The maximum absolute atomic E-state index is 11.9. The lowest BCUT2D eigenvalue weighted by molar-refractivity contribution is -0.385. The third-order valence-corrected chi connectivity index (χ3v) is 4.17. The van der Waals surface area contributed by atoms with Gasteiger partial charge in [-0.05, 0) is 30.9 Å². The molecule has 0 aromatic heterocycles. The number of nitro groups is 1. The summed E-state index contributed by atoms with van der Waals surface area (Å²) in [6.45, 7) is 2.68. The molecule has 6 nitrogen and oxygen atoms in total. The Balaban J connectivity index is 2.62. The zero-order valence-electron chi connectivity index (χ0n) is 12.1. The van der Waals surface area contributed by atoms with Crippen molar-refractivity contribution in [2.75, 3.05) is 19.0 Å².